The van der Waals surface area contributed by atoms with Crippen molar-refractivity contribution in [2.45, 2.75) is 26.9 Å². The van der Waals surface area contributed by atoms with Crippen molar-refractivity contribution in [2.24, 2.45) is 0 Å². The van der Waals surface area contributed by atoms with E-state index in [9.17, 15) is 9.18 Å². The monoisotopic (exact) mass is 437 g/mol. The molecule has 31 heavy (non-hydrogen) atoms. The number of nitrogens with zero attached hydrogens (tertiary/aromatic N) is 4. The van der Waals surface area contributed by atoms with E-state index in [0.717, 1.165) is 11.3 Å². The minimum atomic E-state index is -0.389. The molecule has 0 saturated heterocycles. The quantitative estimate of drug-likeness (QED) is 0.469. The van der Waals surface area contributed by atoms with Gasteiger partial charge in [-0.05, 0) is 49.7 Å². The second-order valence-corrected chi connectivity index (χ2v) is 7.67. The Morgan fingerprint density at radius 1 is 1.13 bits per heavy atom. The standard InChI is InChI=1S/C23H21ClFN5O/c1-15-22(16(2)30(28-15)14-19-20(24)8-4-9-21(19)25)27-23(31)18-7-3-6-17(12-18)13-29-11-5-10-26-29/h3-12H,13-14H2,1-2H3,(H,27,31). The summed E-state index contributed by atoms with van der Waals surface area (Å²) in [5, 5.41) is 11.9. The molecule has 0 bridgehead atoms. The van der Waals surface area contributed by atoms with Crippen LogP contribution in [0, 0.1) is 19.7 Å². The van der Waals surface area contributed by atoms with Gasteiger partial charge in [-0.15, -0.1) is 0 Å². The van der Waals surface area contributed by atoms with Crippen LogP contribution >= 0.6 is 11.6 Å². The van der Waals surface area contributed by atoms with E-state index in [1.54, 1.807) is 40.7 Å². The van der Waals surface area contributed by atoms with Gasteiger partial charge in [-0.25, -0.2) is 4.39 Å². The summed E-state index contributed by atoms with van der Waals surface area (Å²) < 4.78 is 17.6. The molecule has 4 aromatic rings. The van der Waals surface area contributed by atoms with Crippen LogP contribution in [0.25, 0.3) is 0 Å². The lowest BCUT2D eigenvalue weighted by atomic mass is 10.1. The molecule has 8 heteroatoms. The number of amides is 1. The third-order valence-electron chi connectivity index (χ3n) is 5.08. The van der Waals surface area contributed by atoms with Crippen molar-refractivity contribution in [3.63, 3.8) is 0 Å². The minimum Gasteiger partial charge on any atom is -0.319 e. The normalized spacial score (nSPS) is 11.0. The number of anilines is 1. The van der Waals surface area contributed by atoms with E-state index in [-0.39, 0.29) is 18.3 Å². The van der Waals surface area contributed by atoms with Gasteiger partial charge in [0.15, 0.2) is 0 Å². The number of aryl methyl sites for hydroxylation is 1. The van der Waals surface area contributed by atoms with Gasteiger partial charge in [-0.2, -0.15) is 10.2 Å². The van der Waals surface area contributed by atoms with Crippen LogP contribution in [0.15, 0.2) is 60.9 Å². The van der Waals surface area contributed by atoms with Crippen molar-refractivity contribution in [1.29, 1.82) is 0 Å². The summed E-state index contributed by atoms with van der Waals surface area (Å²) in [5.41, 5.74) is 3.83. The fourth-order valence-corrected chi connectivity index (χ4v) is 3.67. The first-order chi connectivity index (χ1) is 14.9. The zero-order valence-electron chi connectivity index (χ0n) is 17.1. The van der Waals surface area contributed by atoms with Crippen LogP contribution in [0.2, 0.25) is 5.02 Å². The van der Waals surface area contributed by atoms with Gasteiger partial charge in [0.2, 0.25) is 0 Å². The Labute approximate surface area is 184 Å². The number of halogens is 2. The third-order valence-corrected chi connectivity index (χ3v) is 5.44. The Kier molecular flexibility index (Phi) is 5.86. The predicted molar refractivity (Wildman–Crippen MR) is 118 cm³/mol. The molecule has 0 aliphatic heterocycles. The van der Waals surface area contributed by atoms with E-state index >= 15 is 0 Å². The van der Waals surface area contributed by atoms with E-state index in [4.69, 9.17) is 11.6 Å². The smallest absolute Gasteiger partial charge is 0.255 e. The van der Waals surface area contributed by atoms with Gasteiger partial charge in [-0.3, -0.25) is 14.2 Å². The lowest BCUT2D eigenvalue weighted by Crippen LogP contribution is -2.14. The van der Waals surface area contributed by atoms with Crippen molar-refractivity contribution < 1.29 is 9.18 Å². The fraction of sp³-hybridized carbons (Fsp3) is 0.174. The van der Waals surface area contributed by atoms with Gasteiger partial charge in [0.05, 0.1) is 30.2 Å². The van der Waals surface area contributed by atoms with Crippen LogP contribution in [0.5, 0.6) is 0 Å². The molecule has 0 unspecified atom stereocenters. The lowest BCUT2D eigenvalue weighted by Gasteiger charge is -2.10. The highest BCUT2D eigenvalue weighted by Gasteiger charge is 2.17. The summed E-state index contributed by atoms with van der Waals surface area (Å²) in [6.45, 7) is 4.38. The zero-order valence-corrected chi connectivity index (χ0v) is 17.9. The van der Waals surface area contributed by atoms with Crippen molar-refractivity contribution in [1.82, 2.24) is 19.6 Å². The number of nitrogens with one attached hydrogen (secondary N) is 1. The number of hydrogen-bond donors (Lipinski definition) is 1. The molecule has 1 N–H and O–H groups in total. The van der Waals surface area contributed by atoms with E-state index in [0.29, 0.717) is 34.1 Å². The summed E-state index contributed by atoms with van der Waals surface area (Å²) in [7, 11) is 0. The second-order valence-electron chi connectivity index (χ2n) is 7.26. The lowest BCUT2D eigenvalue weighted by molar-refractivity contribution is 0.102. The maximum absolute atomic E-state index is 14.2. The second kappa shape index (κ2) is 8.73. The number of carbonyl (C=O) groups is 1. The number of hydrogen-bond acceptors (Lipinski definition) is 3. The molecule has 6 nitrogen and oxygen atoms in total. The van der Waals surface area contributed by atoms with Gasteiger partial charge < -0.3 is 5.32 Å². The number of rotatable bonds is 6. The molecule has 0 saturated carbocycles. The topological polar surface area (TPSA) is 64.7 Å². The fourth-order valence-electron chi connectivity index (χ4n) is 3.44. The van der Waals surface area contributed by atoms with Crippen LogP contribution in [0.1, 0.15) is 32.9 Å². The number of aromatic nitrogens is 4. The molecule has 0 fully saturated rings. The first kappa shape index (κ1) is 20.8. The predicted octanol–water partition coefficient (Wildman–Crippen LogP) is 4.84. The maximum Gasteiger partial charge on any atom is 0.255 e. The van der Waals surface area contributed by atoms with Crippen molar-refractivity contribution in [3.05, 3.63) is 99.8 Å². The molecule has 158 valence electrons. The van der Waals surface area contributed by atoms with Crippen molar-refractivity contribution in [3.8, 4) is 0 Å². The Balaban J connectivity index is 1.54. The minimum absolute atomic E-state index is 0.174. The van der Waals surface area contributed by atoms with Crippen LogP contribution in [0.3, 0.4) is 0 Å². The number of carbonyl (C=O) groups excluding carboxylic acids is 1. The van der Waals surface area contributed by atoms with Crippen molar-refractivity contribution in [2.75, 3.05) is 5.32 Å². The average molecular weight is 438 g/mol. The Hall–Kier alpha value is -3.45. The molecule has 0 aliphatic carbocycles. The summed E-state index contributed by atoms with van der Waals surface area (Å²) in [5.74, 6) is -0.628. The van der Waals surface area contributed by atoms with Gasteiger partial charge >= 0.3 is 0 Å². The molecular weight excluding hydrogens is 417 g/mol. The maximum atomic E-state index is 14.2. The van der Waals surface area contributed by atoms with Crippen molar-refractivity contribution >= 4 is 23.2 Å². The van der Waals surface area contributed by atoms with Gasteiger partial charge in [0.1, 0.15) is 5.82 Å². The largest absolute Gasteiger partial charge is 0.319 e. The molecule has 2 heterocycles. The van der Waals surface area contributed by atoms with Gasteiger partial charge in [0, 0.05) is 28.5 Å². The van der Waals surface area contributed by atoms with Crippen LogP contribution in [-0.2, 0) is 13.1 Å². The van der Waals surface area contributed by atoms with E-state index in [1.165, 1.54) is 6.07 Å². The summed E-state index contributed by atoms with van der Waals surface area (Å²) in [6.07, 6.45) is 3.59. The molecule has 4 rings (SSSR count). The highest BCUT2D eigenvalue weighted by atomic mass is 35.5. The first-order valence-electron chi connectivity index (χ1n) is 9.77. The first-order valence-corrected chi connectivity index (χ1v) is 10.1. The molecule has 0 spiro atoms. The molecule has 1 amide bonds. The number of benzene rings is 2. The molecule has 0 radical (unpaired) electrons. The van der Waals surface area contributed by atoms with Gasteiger partial charge in [-0.1, -0.05) is 29.8 Å². The van der Waals surface area contributed by atoms with Gasteiger partial charge in [0.25, 0.3) is 5.91 Å². The molecule has 2 aromatic carbocycles. The summed E-state index contributed by atoms with van der Waals surface area (Å²) >= 11 is 6.15. The van der Waals surface area contributed by atoms with E-state index in [2.05, 4.69) is 15.5 Å². The highest BCUT2D eigenvalue weighted by molar-refractivity contribution is 6.31. The molecule has 0 atom stereocenters. The highest BCUT2D eigenvalue weighted by Crippen LogP contribution is 2.25. The van der Waals surface area contributed by atoms with Crippen LogP contribution in [0.4, 0.5) is 10.1 Å². The molecule has 0 aliphatic rings. The average Bonchev–Trinajstić information content (AvgIpc) is 3.34. The Morgan fingerprint density at radius 3 is 2.68 bits per heavy atom. The van der Waals surface area contributed by atoms with E-state index in [1.807, 2.05) is 37.4 Å². The third kappa shape index (κ3) is 4.51. The Bertz CT molecular complexity index is 1210. The molecule has 2 aromatic heterocycles. The van der Waals surface area contributed by atoms with E-state index < -0.39 is 0 Å². The molecular formula is C23H21ClFN5O. The Morgan fingerprint density at radius 2 is 1.94 bits per heavy atom. The van der Waals surface area contributed by atoms with Crippen LogP contribution in [-0.4, -0.2) is 25.5 Å². The SMILES string of the molecule is Cc1nn(Cc2c(F)cccc2Cl)c(C)c1NC(=O)c1cccc(Cn2cccn2)c1. The summed E-state index contributed by atoms with van der Waals surface area (Å²) in [6, 6.07) is 13.8. The van der Waals surface area contributed by atoms with Crippen LogP contribution < -0.4 is 5.32 Å². The summed E-state index contributed by atoms with van der Waals surface area (Å²) in [4.78, 5) is 12.9. The zero-order chi connectivity index (χ0) is 22.0.